The fraction of sp³-hybridized carbons (Fsp3) is 0.818. The number of hydrogen-bond donors (Lipinski definition) is 2. The zero-order valence-electron chi connectivity index (χ0n) is 10.4. The molecule has 6 nitrogen and oxygen atoms in total. The van der Waals surface area contributed by atoms with E-state index in [0.717, 1.165) is 0 Å². The van der Waals surface area contributed by atoms with Gasteiger partial charge in [0.1, 0.15) is 5.41 Å². The number of amides is 1. The predicted molar refractivity (Wildman–Crippen MR) is 59.7 cm³/mol. The van der Waals surface area contributed by atoms with Gasteiger partial charge in [0.25, 0.3) is 0 Å². The second-order valence-electron chi connectivity index (χ2n) is 4.93. The first kappa shape index (κ1) is 13.8. The molecule has 0 aromatic rings. The summed E-state index contributed by atoms with van der Waals surface area (Å²) in [5, 5.41) is 11.6. The minimum absolute atomic E-state index is 0.0947. The minimum Gasteiger partial charge on any atom is -0.481 e. The van der Waals surface area contributed by atoms with Crippen molar-refractivity contribution in [3.05, 3.63) is 0 Å². The zero-order valence-corrected chi connectivity index (χ0v) is 10.4. The molecule has 1 rings (SSSR count). The van der Waals surface area contributed by atoms with Crippen LogP contribution in [-0.4, -0.2) is 43.0 Å². The summed E-state index contributed by atoms with van der Waals surface area (Å²) < 4.78 is 10.0. The predicted octanol–water partition coefficient (Wildman–Crippen LogP) is 0.858. The van der Waals surface area contributed by atoms with Crippen molar-refractivity contribution < 1.29 is 24.2 Å². The van der Waals surface area contributed by atoms with Gasteiger partial charge in [-0.1, -0.05) is 13.8 Å². The quantitative estimate of drug-likeness (QED) is 0.767. The maximum atomic E-state index is 11.4. The van der Waals surface area contributed by atoms with E-state index in [4.69, 9.17) is 14.6 Å². The van der Waals surface area contributed by atoms with Crippen LogP contribution in [0, 0.1) is 11.3 Å². The number of hydrogen-bond acceptors (Lipinski definition) is 4. The summed E-state index contributed by atoms with van der Waals surface area (Å²) >= 11 is 0. The average Bonchev–Trinajstić information content (AvgIpc) is 2.59. The Morgan fingerprint density at radius 2 is 2.24 bits per heavy atom. The lowest BCUT2D eigenvalue weighted by Crippen LogP contribution is -2.49. The van der Waals surface area contributed by atoms with E-state index in [-0.39, 0.29) is 19.1 Å². The van der Waals surface area contributed by atoms with Crippen LogP contribution < -0.4 is 5.32 Å². The summed E-state index contributed by atoms with van der Waals surface area (Å²) in [4.78, 5) is 22.5. The Kier molecular flexibility index (Phi) is 4.34. The van der Waals surface area contributed by atoms with Crippen LogP contribution >= 0.6 is 0 Å². The van der Waals surface area contributed by atoms with Crippen molar-refractivity contribution in [3.63, 3.8) is 0 Å². The number of aliphatic carboxylic acids is 1. The number of carboxylic acids is 1. The van der Waals surface area contributed by atoms with E-state index in [1.54, 1.807) is 6.92 Å². The third kappa shape index (κ3) is 3.33. The van der Waals surface area contributed by atoms with Gasteiger partial charge in [0.15, 0.2) is 0 Å². The van der Waals surface area contributed by atoms with Crippen LogP contribution in [0.2, 0.25) is 0 Å². The molecule has 1 saturated heterocycles. The molecule has 2 unspecified atom stereocenters. The molecule has 17 heavy (non-hydrogen) atoms. The fourth-order valence-electron chi connectivity index (χ4n) is 1.51. The minimum atomic E-state index is -1.09. The first-order chi connectivity index (χ1) is 7.86. The molecular formula is C11H19NO5. The smallest absolute Gasteiger partial charge is 0.407 e. The van der Waals surface area contributed by atoms with Gasteiger partial charge in [-0.25, -0.2) is 4.79 Å². The lowest BCUT2D eigenvalue weighted by Gasteiger charge is -2.25. The Bertz CT molecular complexity index is 304. The number of ether oxygens (including phenoxy) is 2. The standard InChI is InChI=1S/C11H19NO5/c1-7(2)4-17-10(15)12-8-5-16-6-11(8,3)9(13)14/h7-8H,4-6H2,1-3H3,(H,12,15)(H,13,14). The van der Waals surface area contributed by atoms with Crippen LogP contribution in [0.25, 0.3) is 0 Å². The molecule has 0 aromatic heterocycles. The SMILES string of the molecule is CC(C)COC(=O)NC1COCC1(C)C(=O)O. The topological polar surface area (TPSA) is 84.9 Å². The Labute approximate surface area is 100 Å². The molecule has 0 radical (unpaired) electrons. The first-order valence-electron chi connectivity index (χ1n) is 5.60. The van der Waals surface area contributed by atoms with Crippen LogP contribution in [0.3, 0.4) is 0 Å². The van der Waals surface area contributed by atoms with Gasteiger partial charge >= 0.3 is 12.1 Å². The molecule has 6 heteroatoms. The summed E-state index contributed by atoms with van der Waals surface area (Å²) in [5.41, 5.74) is -1.09. The maximum absolute atomic E-state index is 11.4. The van der Waals surface area contributed by atoms with Crippen molar-refractivity contribution in [1.29, 1.82) is 0 Å². The van der Waals surface area contributed by atoms with E-state index >= 15 is 0 Å². The molecule has 1 amide bonds. The van der Waals surface area contributed by atoms with Crippen LogP contribution in [0.4, 0.5) is 4.79 Å². The summed E-state index contributed by atoms with van der Waals surface area (Å²) in [6, 6.07) is -0.556. The number of rotatable bonds is 4. The van der Waals surface area contributed by atoms with Gasteiger partial charge in [-0.15, -0.1) is 0 Å². The van der Waals surface area contributed by atoms with Crippen LogP contribution in [0.15, 0.2) is 0 Å². The van der Waals surface area contributed by atoms with Crippen LogP contribution in [0.5, 0.6) is 0 Å². The maximum Gasteiger partial charge on any atom is 0.407 e. The zero-order chi connectivity index (χ0) is 13.1. The summed E-state index contributed by atoms with van der Waals surface area (Å²) in [6.45, 7) is 6.00. The molecule has 0 saturated carbocycles. The lowest BCUT2D eigenvalue weighted by molar-refractivity contribution is -0.148. The van der Waals surface area contributed by atoms with Crippen molar-refractivity contribution >= 4 is 12.1 Å². The van der Waals surface area contributed by atoms with Crippen molar-refractivity contribution in [1.82, 2.24) is 5.32 Å². The molecule has 0 bridgehead atoms. The van der Waals surface area contributed by atoms with Gasteiger partial charge in [0.05, 0.1) is 25.9 Å². The number of nitrogens with one attached hydrogen (secondary N) is 1. The van der Waals surface area contributed by atoms with E-state index < -0.39 is 23.5 Å². The Hall–Kier alpha value is -1.30. The molecular weight excluding hydrogens is 226 g/mol. The molecule has 98 valence electrons. The molecule has 0 aromatic carbocycles. The molecule has 2 N–H and O–H groups in total. The van der Waals surface area contributed by atoms with E-state index in [1.807, 2.05) is 13.8 Å². The van der Waals surface area contributed by atoms with E-state index in [2.05, 4.69) is 5.32 Å². The Morgan fingerprint density at radius 1 is 1.59 bits per heavy atom. The van der Waals surface area contributed by atoms with Crippen LogP contribution in [0.1, 0.15) is 20.8 Å². The highest BCUT2D eigenvalue weighted by atomic mass is 16.5. The lowest BCUT2D eigenvalue weighted by atomic mass is 9.85. The van der Waals surface area contributed by atoms with Gasteiger partial charge in [0.2, 0.25) is 0 Å². The molecule has 0 aliphatic carbocycles. The molecule has 1 heterocycles. The number of carbonyl (C=O) groups excluding carboxylic acids is 1. The number of carbonyl (C=O) groups is 2. The van der Waals surface area contributed by atoms with Crippen molar-refractivity contribution in [2.75, 3.05) is 19.8 Å². The number of carboxylic acid groups (broad SMARTS) is 1. The highest BCUT2D eigenvalue weighted by Crippen LogP contribution is 2.28. The molecule has 2 atom stereocenters. The molecule has 0 spiro atoms. The highest BCUT2D eigenvalue weighted by Gasteiger charge is 2.47. The average molecular weight is 245 g/mol. The normalized spacial score (nSPS) is 28.1. The fourth-order valence-corrected chi connectivity index (χ4v) is 1.51. The summed E-state index contributed by atoms with van der Waals surface area (Å²) in [6.07, 6.45) is -0.596. The largest absolute Gasteiger partial charge is 0.481 e. The van der Waals surface area contributed by atoms with Gasteiger partial charge in [-0.2, -0.15) is 0 Å². The van der Waals surface area contributed by atoms with Crippen molar-refractivity contribution in [3.8, 4) is 0 Å². The second-order valence-corrected chi connectivity index (χ2v) is 4.93. The Balaban J connectivity index is 2.50. The van der Waals surface area contributed by atoms with Gasteiger partial charge in [0, 0.05) is 0 Å². The van der Waals surface area contributed by atoms with E-state index in [1.165, 1.54) is 0 Å². The summed E-state index contributed by atoms with van der Waals surface area (Å²) in [7, 11) is 0. The Morgan fingerprint density at radius 3 is 2.76 bits per heavy atom. The second kappa shape index (κ2) is 5.35. The van der Waals surface area contributed by atoms with Crippen molar-refractivity contribution in [2.24, 2.45) is 11.3 Å². The highest BCUT2D eigenvalue weighted by molar-refractivity contribution is 5.77. The van der Waals surface area contributed by atoms with Crippen molar-refractivity contribution in [2.45, 2.75) is 26.8 Å². The third-order valence-electron chi connectivity index (χ3n) is 2.78. The molecule has 1 fully saturated rings. The van der Waals surface area contributed by atoms with Crippen LogP contribution in [-0.2, 0) is 14.3 Å². The van der Waals surface area contributed by atoms with Gasteiger partial charge < -0.3 is 19.9 Å². The van der Waals surface area contributed by atoms with Gasteiger partial charge in [-0.3, -0.25) is 4.79 Å². The van der Waals surface area contributed by atoms with Gasteiger partial charge in [-0.05, 0) is 12.8 Å². The monoisotopic (exact) mass is 245 g/mol. The van der Waals surface area contributed by atoms with E-state index in [0.29, 0.717) is 6.61 Å². The first-order valence-corrected chi connectivity index (χ1v) is 5.60. The summed E-state index contributed by atoms with van der Waals surface area (Å²) in [5.74, 6) is -0.740. The molecule has 1 aliphatic heterocycles. The number of alkyl carbamates (subject to hydrolysis) is 1. The molecule has 1 aliphatic rings. The van der Waals surface area contributed by atoms with E-state index in [9.17, 15) is 9.59 Å². The third-order valence-corrected chi connectivity index (χ3v) is 2.78.